The number of alkyl carbamates (subject to hydrolysis) is 1. The van der Waals surface area contributed by atoms with E-state index in [0.29, 0.717) is 24.4 Å². The molecule has 1 aliphatic heterocycles. The van der Waals surface area contributed by atoms with Gasteiger partial charge in [-0.25, -0.2) is 4.79 Å². The molecule has 0 radical (unpaired) electrons. The van der Waals surface area contributed by atoms with Gasteiger partial charge in [-0.15, -0.1) is 0 Å². The molecular formula is C34H43ClN4O6. The van der Waals surface area contributed by atoms with Crippen LogP contribution in [0.4, 0.5) is 4.79 Å². The van der Waals surface area contributed by atoms with Crippen LogP contribution in [0.25, 0.3) is 0 Å². The Hall–Kier alpha value is -3.92. The molecule has 11 heteroatoms. The number of nitrogens with two attached hydrogens (primary N) is 1. The van der Waals surface area contributed by atoms with Crippen LogP contribution in [0.15, 0.2) is 54.6 Å². The molecule has 2 aromatic rings. The number of ketones is 1. The van der Waals surface area contributed by atoms with Crippen molar-refractivity contribution in [2.24, 2.45) is 17.6 Å². The zero-order chi connectivity index (χ0) is 32.6. The standard InChI is InChI=1S/C34H43ClN4O6/c1-34(2,24-14-9-15-25(35)20-24)29(22-12-7-4-8-13-22)45-33(44)39-27(18-21-10-5-3-6-11-21)32(43)38-26(28(40)30(36)41)19-23-16-17-37-31(23)42/h4,7-9,12-15,20-21,23,26-27,29H,3,5-6,10-11,16-19H2,1-2H3,(H2,36,41)(H,37,42)(H,38,43)(H,39,44). The zero-order valence-electron chi connectivity index (χ0n) is 25.9. The van der Waals surface area contributed by atoms with Gasteiger partial charge in [0.15, 0.2) is 0 Å². The third kappa shape index (κ3) is 9.06. The average molecular weight is 639 g/mol. The minimum atomic E-state index is -1.30. The molecule has 1 saturated carbocycles. The highest BCUT2D eigenvalue weighted by Gasteiger charge is 2.38. The van der Waals surface area contributed by atoms with Gasteiger partial charge in [-0.3, -0.25) is 19.2 Å². The fourth-order valence-electron chi connectivity index (χ4n) is 6.40. The van der Waals surface area contributed by atoms with E-state index in [-0.39, 0.29) is 18.2 Å². The molecule has 2 fully saturated rings. The zero-order valence-corrected chi connectivity index (χ0v) is 26.6. The summed E-state index contributed by atoms with van der Waals surface area (Å²) in [5, 5.41) is 8.65. The Morgan fingerprint density at radius 1 is 0.956 bits per heavy atom. The van der Waals surface area contributed by atoms with Crippen LogP contribution in [0.3, 0.4) is 0 Å². The minimum absolute atomic E-state index is 0.0656. The van der Waals surface area contributed by atoms with Gasteiger partial charge in [-0.2, -0.15) is 0 Å². The molecule has 0 aromatic heterocycles. The van der Waals surface area contributed by atoms with Gasteiger partial charge in [0.1, 0.15) is 12.1 Å². The van der Waals surface area contributed by atoms with E-state index < -0.39 is 53.2 Å². The van der Waals surface area contributed by atoms with Crippen molar-refractivity contribution in [3.63, 3.8) is 0 Å². The highest BCUT2D eigenvalue weighted by molar-refractivity contribution is 6.38. The van der Waals surface area contributed by atoms with Crippen LogP contribution in [-0.2, 0) is 29.3 Å². The van der Waals surface area contributed by atoms with Crippen LogP contribution in [0.5, 0.6) is 0 Å². The predicted molar refractivity (Wildman–Crippen MR) is 170 cm³/mol. The fraction of sp³-hybridized carbons (Fsp3) is 0.500. The molecule has 45 heavy (non-hydrogen) atoms. The first-order valence-electron chi connectivity index (χ1n) is 15.7. The molecule has 0 spiro atoms. The molecule has 1 heterocycles. The van der Waals surface area contributed by atoms with E-state index in [2.05, 4.69) is 16.0 Å². The fourth-order valence-corrected chi connectivity index (χ4v) is 6.59. The van der Waals surface area contributed by atoms with Gasteiger partial charge in [-0.05, 0) is 48.4 Å². The summed E-state index contributed by atoms with van der Waals surface area (Å²) < 4.78 is 6.11. The van der Waals surface area contributed by atoms with Gasteiger partial charge >= 0.3 is 6.09 Å². The monoisotopic (exact) mass is 638 g/mol. The maximum absolute atomic E-state index is 13.8. The Labute approximate surface area is 269 Å². The van der Waals surface area contributed by atoms with Crippen LogP contribution < -0.4 is 21.7 Å². The summed E-state index contributed by atoms with van der Waals surface area (Å²) in [5.74, 6) is -3.46. The minimum Gasteiger partial charge on any atom is -0.440 e. The second-order valence-electron chi connectivity index (χ2n) is 12.7. The third-order valence-corrected chi connectivity index (χ3v) is 9.25. The van der Waals surface area contributed by atoms with Crippen molar-refractivity contribution in [3.05, 3.63) is 70.7 Å². The van der Waals surface area contributed by atoms with E-state index in [9.17, 15) is 24.0 Å². The molecular weight excluding hydrogens is 596 g/mol. The first-order chi connectivity index (χ1) is 21.5. The van der Waals surface area contributed by atoms with E-state index in [0.717, 1.165) is 43.2 Å². The van der Waals surface area contributed by atoms with Crippen molar-refractivity contribution in [1.29, 1.82) is 0 Å². The lowest BCUT2D eigenvalue weighted by molar-refractivity contribution is -0.139. The van der Waals surface area contributed by atoms with Crippen LogP contribution in [-0.4, -0.2) is 48.2 Å². The van der Waals surface area contributed by atoms with Crippen LogP contribution >= 0.6 is 11.6 Å². The normalized spacial score (nSPS) is 19.1. The van der Waals surface area contributed by atoms with Crippen molar-refractivity contribution >= 4 is 41.2 Å². The van der Waals surface area contributed by atoms with E-state index in [1.54, 1.807) is 6.07 Å². The lowest BCUT2D eigenvalue weighted by atomic mass is 9.76. The first-order valence-corrected chi connectivity index (χ1v) is 16.0. The Morgan fingerprint density at radius 3 is 2.29 bits per heavy atom. The summed E-state index contributed by atoms with van der Waals surface area (Å²) >= 11 is 6.31. The molecule has 4 unspecified atom stereocenters. The van der Waals surface area contributed by atoms with Gasteiger partial charge in [0.2, 0.25) is 17.6 Å². The van der Waals surface area contributed by atoms with Crippen molar-refractivity contribution < 1.29 is 28.7 Å². The second kappa shape index (κ2) is 15.4. The molecule has 10 nitrogen and oxygen atoms in total. The van der Waals surface area contributed by atoms with Crippen molar-refractivity contribution in [2.45, 2.75) is 88.8 Å². The van der Waals surface area contributed by atoms with Crippen molar-refractivity contribution in [2.75, 3.05) is 6.54 Å². The van der Waals surface area contributed by atoms with Gasteiger partial charge in [0.25, 0.3) is 5.91 Å². The molecule has 4 amide bonds. The predicted octanol–water partition coefficient (Wildman–Crippen LogP) is 4.49. The van der Waals surface area contributed by atoms with E-state index in [4.69, 9.17) is 22.1 Å². The number of halogens is 1. The van der Waals surface area contributed by atoms with Crippen LogP contribution in [0.2, 0.25) is 5.02 Å². The SMILES string of the molecule is CC(C)(c1cccc(Cl)c1)C(OC(=O)NC(CC1CCCCC1)C(=O)NC(CC1CCNC1=O)C(=O)C(N)=O)c1ccccc1. The number of amides is 4. The molecule has 4 rings (SSSR count). The van der Waals surface area contributed by atoms with Crippen LogP contribution in [0.1, 0.15) is 82.4 Å². The smallest absolute Gasteiger partial charge is 0.408 e. The average Bonchev–Trinajstić information content (AvgIpc) is 3.43. The summed E-state index contributed by atoms with van der Waals surface area (Å²) in [7, 11) is 0. The Balaban J connectivity index is 1.57. The van der Waals surface area contributed by atoms with Gasteiger partial charge < -0.3 is 26.4 Å². The second-order valence-corrected chi connectivity index (χ2v) is 13.1. The Bertz CT molecular complexity index is 1380. The number of nitrogens with one attached hydrogen (secondary N) is 3. The molecule has 2 aromatic carbocycles. The third-order valence-electron chi connectivity index (χ3n) is 9.01. The Kier molecular flexibility index (Phi) is 11.6. The molecule has 0 bridgehead atoms. The molecule has 4 atom stereocenters. The number of hydrogen-bond acceptors (Lipinski definition) is 6. The quantitative estimate of drug-likeness (QED) is 0.237. The van der Waals surface area contributed by atoms with Gasteiger partial charge in [0, 0.05) is 22.9 Å². The number of carbonyl (C=O) groups excluding carboxylic acids is 5. The molecule has 1 aliphatic carbocycles. The highest BCUT2D eigenvalue weighted by atomic mass is 35.5. The summed E-state index contributed by atoms with van der Waals surface area (Å²) in [6.45, 7) is 4.35. The lowest BCUT2D eigenvalue weighted by Gasteiger charge is -2.35. The molecule has 5 N–H and O–H groups in total. The van der Waals surface area contributed by atoms with Gasteiger partial charge in [0.05, 0.1) is 6.04 Å². The summed E-state index contributed by atoms with van der Waals surface area (Å²) in [4.78, 5) is 64.2. The lowest BCUT2D eigenvalue weighted by Crippen LogP contribution is -2.54. The van der Waals surface area contributed by atoms with E-state index in [1.165, 1.54) is 0 Å². The molecule has 1 saturated heterocycles. The molecule has 242 valence electrons. The largest absolute Gasteiger partial charge is 0.440 e. The number of rotatable bonds is 13. The number of ether oxygens (including phenoxy) is 1. The summed E-state index contributed by atoms with van der Waals surface area (Å²) in [6.07, 6.45) is 4.14. The maximum atomic E-state index is 13.8. The number of carbonyl (C=O) groups is 5. The number of benzene rings is 2. The molecule has 2 aliphatic rings. The van der Waals surface area contributed by atoms with E-state index in [1.807, 2.05) is 62.4 Å². The maximum Gasteiger partial charge on any atom is 0.408 e. The number of Topliss-reactive ketones (excluding diaryl/α,β-unsaturated/α-hetero) is 1. The van der Waals surface area contributed by atoms with Crippen molar-refractivity contribution in [3.8, 4) is 0 Å². The van der Waals surface area contributed by atoms with Crippen LogP contribution in [0, 0.1) is 11.8 Å². The number of hydrogen-bond donors (Lipinski definition) is 4. The topological polar surface area (TPSA) is 157 Å². The van der Waals surface area contributed by atoms with Gasteiger partial charge in [-0.1, -0.05) is 100 Å². The summed E-state index contributed by atoms with van der Waals surface area (Å²) in [6, 6.07) is 14.3. The van der Waals surface area contributed by atoms with Crippen molar-refractivity contribution in [1.82, 2.24) is 16.0 Å². The first kappa shape index (κ1) is 34.0. The highest BCUT2D eigenvalue weighted by Crippen LogP contribution is 2.40. The Morgan fingerprint density at radius 2 is 1.67 bits per heavy atom. The van der Waals surface area contributed by atoms with E-state index >= 15 is 0 Å². The summed E-state index contributed by atoms with van der Waals surface area (Å²) in [5.41, 5.74) is 6.20. The number of primary amides is 1.